The predicted octanol–water partition coefficient (Wildman–Crippen LogP) is 2.26. The van der Waals surface area contributed by atoms with Crippen molar-refractivity contribution in [2.45, 2.75) is 44.8 Å². The van der Waals surface area contributed by atoms with Crippen LogP contribution in [0, 0.1) is 6.92 Å². The molecule has 0 radical (unpaired) electrons. The van der Waals surface area contributed by atoms with Gasteiger partial charge < -0.3 is 15.8 Å². The Morgan fingerprint density at radius 1 is 1.29 bits per heavy atom. The molecule has 1 aromatic carbocycles. The molecule has 2 aliphatic rings. The summed E-state index contributed by atoms with van der Waals surface area (Å²) in [5.41, 5.74) is 9.47. The topological polar surface area (TPSA) is 93.4 Å². The maximum absolute atomic E-state index is 12.7. The van der Waals surface area contributed by atoms with E-state index in [4.69, 9.17) is 10.5 Å². The number of hydrogen-bond donors (Lipinski definition) is 2. The number of amides is 1. The van der Waals surface area contributed by atoms with E-state index in [0.717, 1.165) is 49.3 Å². The van der Waals surface area contributed by atoms with Crippen molar-refractivity contribution in [3.8, 4) is 0 Å². The number of hydrogen-bond acceptors (Lipinski definition) is 6. The molecule has 2 aliphatic heterocycles. The second kappa shape index (κ2) is 7.48. The molecular weight excluding hydrogens is 354 g/mol. The van der Waals surface area contributed by atoms with Gasteiger partial charge in [0, 0.05) is 25.0 Å². The van der Waals surface area contributed by atoms with Crippen LogP contribution in [-0.4, -0.2) is 46.5 Å². The minimum absolute atomic E-state index is 0.0105. The summed E-state index contributed by atoms with van der Waals surface area (Å²) >= 11 is 0. The average molecular weight is 381 g/mol. The molecule has 1 fully saturated rings. The van der Waals surface area contributed by atoms with Crippen molar-refractivity contribution in [2.75, 3.05) is 30.7 Å². The number of nitrogens with zero attached hydrogens (tertiary/aromatic N) is 3. The first-order valence-corrected chi connectivity index (χ1v) is 9.84. The molecule has 1 aromatic heterocycles. The number of carbonyl (C=O) groups is 1. The first kappa shape index (κ1) is 18.8. The molecule has 3 heterocycles. The van der Waals surface area contributed by atoms with Crippen molar-refractivity contribution < 1.29 is 9.53 Å². The van der Waals surface area contributed by atoms with Gasteiger partial charge >= 0.3 is 0 Å². The summed E-state index contributed by atoms with van der Waals surface area (Å²) in [5.74, 6) is 0.299. The minimum Gasteiger partial charge on any atom is -0.368 e. The summed E-state index contributed by atoms with van der Waals surface area (Å²) in [6.45, 7) is 6.20. The van der Waals surface area contributed by atoms with Gasteiger partial charge in [-0.1, -0.05) is 17.7 Å². The Balaban J connectivity index is 1.42. The molecule has 3 N–H and O–H groups in total. The molecule has 28 heavy (non-hydrogen) atoms. The van der Waals surface area contributed by atoms with Gasteiger partial charge in [0.15, 0.2) is 0 Å². The number of fused-ring (bicyclic) bond motifs is 2. The van der Waals surface area contributed by atoms with Crippen LogP contribution in [0.5, 0.6) is 0 Å². The largest absolute Gasteiger partial charge is 0.368 e. The Kier molecular flexibility index (Phi) is 5.03. The number of nitrogens with two attached hydrogens (primary N) is 1. The fourth-order valence-electron chi connectivity index (χ4n) is 4.13. The number of anilines is 2. The molecule has 0 aliphatic carbocycles. The van der Waals surface area contributed by atoms with Crippen LogP contribution in [0.25, 0.3) is 0 Å². The zero-order valence-corrected chi connectivity index (χ0v) is 16.4. The van der Waals surface area contributed by atoms with Gasteiger partial charge in [-0.05, 0) is 50.8 Å². The molecular formula is C21H27N5O2. The lowest BCUT2D eigenvalue weighted by Crippen LogP contribution is -2.52. The van der Waals surface area contributed by atoms with Gasteiger partial charge in [-0.3, -0.25) is 9.69 Å². The van der Waals surface area contributed by atoms with Crippen molar-refractivity contribution in [3.63, 3.8) is 0 Å². The van der Waals surface area contributed by atoms with Crippen LogP contribution in [-0.2, 0) is 21.6 Å². The number of benzene rings is 1. The van der Waals surface area contributed by atoms with E-state index in [1.165, 1.54) is 5.56 Å². The van der Waals surface area contributed by atoms with E-state index in [9.17, 15) is 4.79 Å². The van der Waals surface area contributed by atoms with Crippen LogP contribution in [0.1, 0.15) is 36.6 Å². The SMILES string of the molecule is Cc1ccc(NC(=O)C(C)N2CCC3(CC2)OCCc2cnc(N)nc23)cc1. The zero-order valence-electron chi connectivity index (χ0n) is 16.4. The highest BCUT2D eigenvalue weighted by atomic mass is 16.5. The first-order valence-electron chi connectivity index (χ1n) is 9.84. The predicted molar refractivity (Wildman–Crippen MR) is 108 cm³/mol. The highest BCUT2D eigenvalue weighted by Crippen LogP contribution is 2.40. The van der Waals surface area contributed by atoms with Gasteiger partial charge in [-0.25, -0.2) is 9.97 Å². The van der Waals surface area contributed by atoms with Gasteiger partial charge in [0.25, 0.3) is 0 Å². The minimum atomic E-state index is -0.408. The summed E-state index contributed by atoms with van der Waals surface area (Å²) in [5, 5.41) is 3.01. The van der Waals surface area contributed by atoms with Crippen LogP contribution in [0.4, 0.5) is 11.6 Å². The monoisotopic (exact) mass is 381 g/mol. The molecule has 1 amide bonds. The van der Waals surface area contributed by atoms with Gasteiger partial charge in [0.2, 0.25) is 11.9 Å². The third-order valence-corrected chi connectivity index (χ3v) is 5.92. The Hall–Kier alpha value is -2.51. The molecule has 0 saturated carbocycles. The zero-order chi connectivity index (χ0) is 19.7. The number of nitrogen functional groups attached to an aromatic ring is 1. The van der Waals surface area contributed by atoms with Crippen molar-refractivity contribution in [2.24, 2.45) is 0 Å². The molecule has 1 spiro atoms. The number of nitrogens with one attached hydrogen (secondary N) is 1. The quantitative estimate of drug-likeness (QED) is 0.847. The summed E-state index contributed by atoms with van der Waals surface area (Å²) in [6.07, 6.45) is 4.22. The fourth-order valence-corrected chi connectivity index (χ4v) is 4.13. The second-order valence-corrected chi connectivity index (χ2v) is 7.76. The Morgan fingerprint density at radius 2 is 2.00 bits per heavy atom. The number of ether oxygens (including phenoxy) is 1. The molecule has 2 aromatic rings. The lowest BCUT2D eigenvalue weighted by atomic mass is 9.83. The van der Waals surface area contributed by atoms with E-state index in [1.807, 2.05) is 44.3 Å². The normalized spacial score (nSPS) is 19.8. The third-order valence-electron chi connectivity index (χ3n) is 5.92. The van der Waals surface area contributed by atoms with Crippen LogP contribution in [0.2, 0.25) is 0 Å². The summed E-state index contributed by atoms with van der Waals surface area (Å²) in [7, 11) is 0. The summed E-state index contributed by atoms with van der Waals surface area (Å²) in [4.78, 5) is 23.5. The summed E-state index contributed by atoms with van der Waals surface area (Å²) < 4.78 is 6.21. The van der Waals surface area contributed by atoms with Gasteiger partial charge in [0.05, 0.1) is 18.3 Å². The highest BCUT2D eigenvalue weighted by Gasteiger charge is 2.43. The van der Waals surface area contributed by atoms with E-state index < -0.39 is 5.60 Å². The molecule has 1 saturated heterocycles. The van der Waals surface area contributed by atoms with Gasteiger partial charge in [-0.15, -0.1) is 0 Å². The first-order chi connectivity index (χ1) is 13.5. The molecule has 4 rings (SSSR count). The van der Waals surface area contributed by atoms with Crippen LogP contribution in [0.15, 0.2) is 30.5 Å². The standard InChI is InChI=1S/C21H27N5O2/c1-14-3-5-17(6-4-14)24-19(27)15(2)26-10-8-21(9-11-26)18-16(7-12-28-21)13-23-20(22)25-18/h3-6,13,15H,7-12H2,1-2H3,(H,24,27)(H2,22,23,25). The van der Waals surface area contributed by atoms with Crippen LogP contribution < -0.4 is 11.1 Å². The number of piperidine rings is 1. The molecule has 0 bridgehead atoms. The molecule has 1 atom stereocenters. The van der Waals surface area contributed by atoms with Gasteiger partial charge in [0.1, 0.15) is 5.60 Å². The number of likely N-dealkylation sites (tertiary alicyclic amines) is 1. The van der Waals surface area contributed by atoms with E-state index in [0.29, 0.717) is 6.61 Å². The van der Waals surface area contributed by atoms with E-state index in [1.54, 1.807) is 0 Å². The highest BCUT2D eigenvalue weighted by molar-refractivity contribution is 5.94. The molecule has 7 heteroatoms. The second-order valence-electron chi connectivity index (χ2n) is 7.76. The van der Waals surface area contributed by atoms with Gasteiger partial charge in [-0.2, -0.15) is 0 Å². The maximum Gasteiger partial charge on any atom is 0.241 e. The maximum atomic E-state index is 12.7. The van der Waals surface area contributed by atoms with Crippen molar-refractivity contribution in [3.05, 3.63) is 47.3 Å². The number of aromatic nitrogens is 2. The lowest BCUT2D eigenvalue weighted by Gasteiger charge is -2.45. The van der Waals surface area contributed by atoms with E-state index in [2.05, 4.69) is 20.2 Å². The fraction of sp³-hybridized carbons (Fsp3) is 0.476. The summed E-state index contributed by atoms with van der Waals surface area (Å²) in [6, 6.07) is 7.65. The van der Waals surface area contributed by atoms with E-state index >= 15 is 0 Å². The van der Waals surface area contributed by atoms with Crippen LogP contribution >= 0.6 is 0 Å². The molecule has 1 unspecified atom stereocenters. The number of rotatable bonds is 3. The average Bonchev–Trinajstić information content (AvgIpc) is 2.70. The van der Waals surface area contributed by atoms with E-state index in [-0.39, 0.29) is 17.9 Å². The molecule has 7 nitrogen and oxygen atoms in total. The smallest absolute Gasteiger partial charge is 0.241 e. The molecule has 148 valence electrons. The lowest BCUT2D eigenvalue weighted by molar-refractivity contribution is -0.127. The Bertz CT molecular complexity index is 860. The number of aryl methyl sites for hydroxylation is 1. The van der Waals surface area contributed by atoms with Crippen LogP contribution in [0.3, 0.4) is 0 Å². The van der Waals surface area contributed by atoms with Crippen molar-refractivity contribution >= 4 is 17.5 Å². The van der Waals surface area contributed by atoms with Crippen molar-refractivity contribution in [1.82, 2.24) is 14.9 Å². The third kappa shape index (κ3) is 3.59. The Labute approximate surface area is 165 Å². The Morgan fingerprint density at radius 3 is 2.71 bits per heavy atom. The number of carbonyl (C=O) groups excluding carboxylic acids is 1. The van der Waals surface area contributed by atoms with Crippen molar-refractivity contribution in [1.29, 1.82) is 0 Å².